The van der Waals surface area contributed by atoms with Gasteiger partial charge >= 0.3 is 0 Å². The van der Waals surface area contributed by atoms with Crippen LogP contribution in [0.15, 0.2) is 0 Å². The molecule has 0 fully saturated rings. The van der Waals surface area contributed by atoms with Crippen LogP contribution in [-0.2, 0) is 4.79 Å². The van der Waals surface area contributed by atoms with Gasteiger partial charge in [-0.15, -0.1) is 0 Å². The highest BCUT2D eigenvalue weighted by molar-refractivity contribution is 5.76. The average Bonchev–Trinajstić information content (AvgIpc) is 2.03. The van der Waals surface area contributed by atoms with Crippen LogP contribution in [0.1, 0.15) is 46.5 Å². The molecule has 0 bridgehead atoms. The Bertz CT molecular complexity index is 157. The van der Waals surface area contributed by atoms with E-state index in [2.05, 4.69) is 26.1 Å². The Morgan fingerprint density at radius 2 is 1.93 bits per heavy atom. The maximum atomic E-state index is 11.2. The first-order valence-electron chi connectivity index (χ1n) is 5.55. The first kappa shape index (κ1) is 13.4. The number of amides is 1. The van der Waals surface area contributed by atoms with Crippen LogP contribution in [0.2, 0.25) is 0 Å². The summed E-state index contributed by atoms with van der Waals surface area (Å²) in [5, 5.41) is 2.94. The van der Waals surface area contributed by atoms with E-state index in [1.807, 2.05) is 0 Å². The summed E-state index contributed by atoms with van der Waals surface area (Å²) in [5.41, 5.74) is 5.28. The molecule has 0 rings (SSSR count). The number of nitrogens with two attached hydrogens (primary N) is 1. The molecule has 1 unspecified atom stereocenters. The summed E-state index contributed by atoms with van der Waals surface area (Å²) in [6.07, 6.45) is 3.92. The molecule has 0 aromatic carbocycles. The van der Waals surface area contributed by atoms with Gasteiger partial charge in [0.2, 0.25) is 5.91 Å². The van der Waals surface area contributed by atoms with Gasteiger partial charge in [-0.05, 0) is 19.3 Å². The van der Waals surface area contributed by atoms with Gasteiger partial charge in [-0.1, -0.05) is 26.7 Å². The summed E-state index contributed by atoms with van der Waals surface area (Å²) < 4.78 is 0. The van der Waals surface area contributed by atoms with Crippen molar-refractivity contribution >= 4 is 5.91 Å². The van der Waals surface area contributed by atoms with Crippen molar-refractivity contribution in [2.45, 2.75) is 52.5 Å². The van der Waals surface area contributed by atoms with Crippen LogP contribution in [0.25, 0.3) is 0 Å². The molecule has 0 aliphatic rings. The summed E-state index contributed by atoms with van der Waals surface area (Å²) in [6, 6.07) is 0.285. The van der Waals surface area contributed by atoms with Crippen molar-refractivity contribution in [1.82, 2.24) is 5.32 Å². The monoisotopic (exact) mass is 200 g/mol. The Labute approximate surface area is 87.4 Å². The van der Waals surface area contributed by atoms with Crippen LogP contribution in [0.4, 0.5) is 0 Å². The van der Waals surface area contributed by atoms with Crippen LogP contribution in [0.5, 0.6) is 0 Å². The third kappa shape index (κ3) is 8.05. The molecule has 3 N–H and O–H groups in total. The zero-order valence-electron chi connectivity index (χ0n) is 9.68. The van der Waals surface area contributed by atoms with E-state index >= 15 is 0 Å². The second-order valence-corrected chi connectivity index (χ2v) is 4.33. The summed E-state index contributed by atoms with van der Waals surface area (Å²) in [5.74, 6) is 0.825. The van der Waals surface area contributed by atoms with Crippen molar-refractivity contribution in [2.75, 3.05) is 6.54 Å². The van der Waals surface area contributed by atoms with Crippen LogP contribution >= 0.6 is 0 Å². The lowest BCUT2D eigenvalue weighted by atomic mass is 10.0. The minimum atomic E-state index is 0.0737. The maximum absolute atomic E-state index is 11.2. The van der Waals surface area contributed by atoms with Crippen molar-refractivity contribution < 1.29 is 4.79 Å². The Morgan fingerprint density at radius 3 is 2.43 bits per heavy atom. The standard InChI is InChI=1S/C11H24N2O/c1-9(2)5-4-6-10(3)13-11(14)7-8-12/h9-10H,4-8,12H2,1-3H3,(H,13,14). The molecule has 0 aromatic rings. The van der Waals surface area contributed by atoms with Crippen LogP contribution < -0.4 is 11.1 Å². The predicted molar refractivity (Wildman–Crippen MR) is 60.0 cm³/mol. The minimum absolute atomic E-state index is 0.0737. The highest BCUT2D eigenvalue weighted by Gasteiger charge is 2.06. The van der Waals surface area contributed by atoms with Gasteiger partial charge in [-0.3, -0.25) is 4.79 Å². The molecular formula is C11H24N2O. The third-order valence-corrected chi connectivity index (χ3v) is 2.20. The number of carbonyl (C=O) groups is 1. The Hall–Kier alpha value is -0.570. The molecule has 0 spiro atoms. The fraction of sp³-hybridized carbons (Fsp3) is 0.909. The van der Waals surface area contributed by atoms with E-state index in [-0.39, 0.29) is 11.9 Å². The van der Waals surface area contributed by atoms with Crippen molar-refractivity contribution in [1.29, 1.82) is 0 Å². The third-order valence-electron chi connectivity index (χ3n) is 2.20. The zero-order chi connectivity index (χ0) is 11.0. The molecule has 0 aliphatic carbocycles. The van der Waals surface area contributed by atoms with Crippen molar-refractivity contribution in [2.24, 2.45) is 11.7 Å². The molecule has 3 heteroatoms. The van der Waals surface area contributed by atoms with Gasteiger partial charge in [0.15, 0.2) is 0 Å². The van der Waals surface area contributed by atoms with Gasteiger partial charge in [0.05, 0.1) is 0 Å². The van der Waals surface area contributed by atoms with Gasteiger partial charge in [0.25, 0.3) is 0 Å². The highest BCUT2D eigenvalue weighted by atomic mass is 16.1. The molecule has 0 saturated carbocycles. The van der Waals surface area contributed by atoms with Crippen molar-refractivity contribution in [3.63, 3.8) is 0 Å². The van der Waals surface area contributed by atoms with Crippen LogP contribution in [0, 0.1) is 5.92 Å². The summed E-state index contributed by atoms with van der Waals surface area (Å²) in [6.45, 7) is 6.93. The van der Waals surface area contributed by atoms with E-state index < -0.39 is 0 Å². The number of rotatable bonds is 7. The quantitative estimate of drug-likeness (QED) is 0.657. The highest BCUT2D eigenvalue weighted by Crippen LogP contribution is 2.08. The second-order valence-electron chi connectivity index (χ2n) is 4.33. The van der Waals surface area contributed by atoms with E-state index in [1.165, 1.54) is 12.8 Å². The van der Waals surface area contributed by atoms with Gasteiger partial charge in [0.1, 0.15) is 0 Å². The number of carbonyl (C=O) groups excluding carboxylic acids is 1. The molecule has 0 aliphatic heterocycles. The van der Waals surface area contributed by atoms with E-state index in [1.54, 1.807) is 0 Å². The van der Waals surface area contributed by atoms with Crippen molar-refractivity contribution in [3.8, 4) is 0 Å². The number of hydrogen-bond acceptors (Lipinski definition) is 2. The maximum Gasteiger partial charge on any atom is 0.221 e. The van der Waals surface area contributed by atoms with Gasteiger partial charge in [0, 0.05) is 19.0 Å². The summed E-state index contributed by atoms with van der Waals surface area (Å²) >= 11 is 0. The topological polar surface area (TPSA) is 55.1 Å². The Morgan fingerprint density at radius 1 is 1.29 bits per heavy atom. The molecular weight excluding hydrogens is 176 g/mol. The molecule has 0 aromatic heterocycles. The summed E-state index contributed by atoms with van der Waals surface area (Å²) in [7, 11) is 0. The smallest absolute Gasteiger partial charge is 0.221 e. The van der Waals surface area contributed by atoms with E-state index in [9.17, 15) is 4.79 Å². The Balaban J connectivity index is 3.44. The largest absolute Gasteiger partial charge is 0.354 e. The molecule has 14 heavy (non-hydrogen) atoms. The molecule has 0 heterocycles. The van der Waals surface area contributed by atoms with E-state index in [0.29, 0.717) is 13.0 Å². The first-order valence-corrected chi connectivity index (χ1v) is 5.55. The first-order chi connectivity index (χ1) is 6.56. The molecule has 3 nitrogen and oxygen atoms in total. The summed E-state index contributed by atoms with van der Waals surface area (Å²) in [4.78, 5) is 11.2. The van der Waals surface area contributed by atoms with Crippen molar-refractivity contribution in [3.05, 3.63) is 0 Å². The lowest BCUT2D eigenvalue weighted by Gasteiger charge is -2.14. The fourth-order valence-corrected chi connectivity index (χ4v) is 1.38. The van der Waals surface area contributed by atoms with Gasteiger partial charge in [-0.2, -0.15) is 0 Å². The predicted octanol–water partition coefficient (Wildman–Crippen LogP) is 1.67. The Kier molecular flexibility index (Phi) is 7.48. The van der Waals surface area contributed by atoms with Gasteiger partial charge in [-0.25, -0.2) is 0 Å². The molecule has 1 atom stereocenters. The number of nitrogens with one attached hydrogen (secondary N) is 1. The average molecular weight is 200 g/mol. The second kappa shape index (κ2) is 7.80. The van der Waals surface area contributed by atoms with Gasteiger partial charge < -0.3 is 11.1 Å². The lowest BCUT2D eigenvalue weighted by Crippen LogP contribution is -2.33. The zero-order valence-corrected chi connectivity index (χ0v) is 9.68. The fourth-order valence-electron chi connectivity index (χ4n) is 1.38. The SMILES string of the molecule is CC(C)CCCC(C)NC(=O)CCN. The van der Waals surface area contributed by atoms with Crippen LogP contribution in [-0.4, -0.2) is 18.5 Å². The molecule has 1 amide bonds. The normalized spacial score (nSPS) is 12.9. The minimum Gasteiger partial charge on any atom is -0.354 e. The van der Waals surface area contributed by atoms with E-state index in [4.69, 9.17) is 5.73 Å². The van der Waals surface area contributed by atoms with Crippen LogP contribution in [0.3, 0.4) is 0 Å². The lowest BCUT2D eigenvalue weighted by molar-refractivity contribution is -0.121. The number of hydrogen-bond donors (Lipinski definition) is 2. The molecule has 0 saturated heterocycles. The molecule has 84 valence electrons. The van der Waals surface area contributed by atoms with E-state index in [0.717, 1.165) is 12.3 Å². The molecule has 0 radical (unpaired) electrons.